The summed E-state index contributed by atoms with van der Waals surface area (Å²) in [7, 11) is -3.20. The van der Waals surface area contributed by atoms with E-state index in [1.165, 1.54) is 17.1 Å². The Bertz CT molecular complexity index is 300. The zero-order chi connectivity index (χ0) is 12.7. The summed E-state index contributed by atoms with van der Waals surface area (Å²) in [5, 5.41) is 12.2. The minimum atomic E-state index is -3.20. The van der Waals surface area contributed by atoms with Gasteiger partial charge in [0.25, 0.3) is 0 Å². The highest BCUT2D eigenvalue weighted by atomic mass is 32.2. The van der Waals surface area contributed by atoms with E-state index in [0.717, 1.165) is 13.0 Å². The summed E-state index contributed by atoms with van der Waals surface area (Å²) >= 11 is 0. The van der Waals surface area contributed by atoms with E-state index in [1.807, 2.05) is 0 Å². The van der Waals surface area contributed by atoms with Crippen molar-refractivity contribution in [2.45, 2.75) is 38.6 Å². The van der Waals surface area contributed by atoms with Crippen LogP contribution < -0.4 is 5.32 Å². The van der Waals surface area contributed by atoms with Gasteiger partial charge in [0.05, 0.1) is 12.4 Å². The lowest BCUT2D eigenvalue weighted by molar-refractivity contribution is 0.256. The third-order valence-electron chi connectivity index (χ3n) is 3.23. The van der Waals surface area contributed by atoms with E-state index in [9.17, 15) is 8.42 Å². The lowest BCUT2D eigenvalue weighted by atomic mass is 10.0. The van der Waals surface area contributed by atoms with Crippen molar-refractivity contribution in [3.8, 4) is 0 Å². The molecule has 0 aromatic carbocycles. The fourth-order valence-corrected chi connectivity index (χ4v) is 3.79. The molecule has 1 unspecified atom stereocenters. The number of sulfonamides is 1. The Kier molecular flexibility index (Phi) is 6.40. The van der Waals surface area contributed by atoms with Crippen LogP contribution in [-0.2, 0) is 10.0 Å². The summed E-state index contributed by atoms with van der Waals surface area (Å²) in [4.78, 5) is 0. The molecule has 1 rings (SSSR count). The number of aliphatic hydroxyl groups excluding tert-OH is 1. The highest BCUT2D eigenvalue weighted by molar-refractivity contribution is 7.89. The Morgan fingerprint density at radius 1 is 1.41 bits per heavy atom. The Morgan fingerprint density at radius 3 is 2.71 bits per heavy atom. The summed E-state index contributed by atoms with van der Waals surface area (Å²) in [5.41, 5.74) is 0. The van der Waals surface area contributed by atoms with Gasteiger partial charge in [-0.15, -0.1) is 0 Å². The predicted octanol–water partition coefficient (Wildman–Crippen LogP) is 0.163. The first-order chi connectivity index (χ1) is 8.10. The molecule has 17 heavy (non-hydrogen) atoms. The minimum absolute atomic E-state index is 0.116. The van der Waals surface area contributed by atoms with Crippen LogP contribution in [0.3, 0.4) is 0 Å². The molecule has 2 N–H and O–H groups in total. The van der Waals surface area contributed by atoms with Gasteiger partial charge in [0.2, 0.25) is 10.0 Å². The highest BCUT2D eigenvalue weighted by Gasteiger charge is 2.22. The molecule has 1 aliphatic heterocycles. The van der Waals surface area contributed by atoms with Crippen molar-refractivity contribution in [3.63, 3.8) is 0 Å². The smallest absolute Gasteiger partial charge is 0.214 e. The van der Waals surface area contributed by atoms with E-state index in [-0.39, 0.29) is 18.9 Å². The zero-order valence-electron chi connectivity index (χ0n) is 10.6. The Labute approximate surface area is 104 Å². The number of hydrogen-bond acceptors (Lipinski definition) is 4. The van der Waals surface area contributed by atoms with Crippen LogP contribution in [0.5, 0.6) is 0 Å². The van der Waals surface area contributed by atoms with E-state index in [4.69, 9.17) is 5.11 Å². The van der Waals surface area contributed by atoms with Gasteiger partial charge in [0.15, 0.2) is 0 Å². The molecule has 0 spiro atoms. The molecule has 1 aliphatic rings. The van der Waals surface area contributed by atoms with Crippen LogP contribution in [0.2, 0.25) is 0 Å². The van der Waals surface area contributed by atoms with E-state index < -0.39 is 10.0 Å². The van der Waals surface area contributed by atoms with E-state index in [0.29, 0.717) is 19.0 Å². The zero-order valence-corrected chi connectivity index (χ0v) is 11.4. The first kappa shape index (κ1) is 14.9. The highest BCUT2D eigenvalue weighted by Crippen LogP contribution is 2.12. The van der Waals surface area contributed by atoms with Crippen LogP contribution in [0.1, 0.15) is 32.6 Å². The Morgan fingerprint density at radius 2 is 2.18 bits per heavy atom. The van der Waals surface area contributed by atoms with E-state index in [1.54, 1.807) is 6.92 Å². The second-order valence-electron chi connectivity index (χ2n) is 4.47. The molecule has 0 radical (unpaired) electrons. The van der Waals surface area contributed by atoms with Crippen LogP contribution in [0, 0.1) is 0 Å². The molecule has 0 aromatic rings. The third kappa shape index (κ3) is 4.91. The molecule has 1 fully saturated rings. The standard InChI is InChI=1S/C11H24N2O3S/c1-2-13(8-9-14)17(15,16)10-6-11-5-3-4-7-12-11/h11-12,14H,2-10H2,1H3. The third-order valence-corrected chi connectivity index (χ3v) is 5.21. The molecule has 1 atom stereocenters. The number of likely N-dealkylation sites (N-methyl/N-ethyl adjacent to an activating group) is 1. The first-order valence-electron chi connectivity index (χ1n) is 6.42. The topological polar surface area (TPSA) is 69.6 Å². The molecule has 1 heterocycles. The monoisotopic (exact) mass is 264 g/mol. The number of rotatable bonds is 7. The quantitative estimate of drug-likeness (QED) is 0.687. The number of nitrogens with one attached hydrogen (secondary N) is 1. The molecule has 0 saturated carbocycles. The van der Waals surface area contributed by atoms with Gasteiger partial charge in [-0.05, 0) is 25.8 Å². The van der Waals surface area contributed by atoms with E-state index in [2.05, 4.69) is 5.32 Å². The largest absolute Gasteiger partial charge is 0.395 e. The summed E-state index contributed by atoms with van der Waals surface area (Å²) < 4.78 is 25.3. The Balaban J connectivity index is 2.41. The normalized spacial score (nSPS) is 21.9. The van der Waals surface area contributed by atoms with Gasteiger partial charge in [-0.25, -0.2) is 8.42 Å². The van der Waals surface area contributed by atoms with Gasteiger partial charge < -0.3 is 10.4 Å². The average molecular weight is 264 g/mol. The first-order valence-corrected chi connectivity index (χ1v) is 8.03. The minimum Gasteiger partial charge on any atom is -0.395 e. The summed E-state index contributed by atoms with van der Waals surface area (Å²) in [6.07, 6.45) is 4.12. The van der Waals surface area contributed by atoms with Crippen LogP contribution in [0.4, 0.5) is 0 Å². The molecule has 0 bridgehead atoms. The molecule has 1 saturated heterocycles. The van der Waals surface area contributed by atoms with Crippen molar-refractivity contribution in [1.82, 2.24) is 9.62 Å². The number of aliphatic hydroxyl groups is 1. The SMILES string of the molecule is CCN(CCO)S(=O)(=O)CCC1CCCCN1. The van der Waals surface area contributed by atoms with Gasteiger partial charge in [-0.1, -0.05) is 13.3 Å². The summed E-state index contributed by atoms with van der Waals surface area (Å²) in [5.74, 6) is 0.179. The van der Waals surface area contributed by atoms with Gasteiger partial charge in [-0.2, -0.15) is 4.31 Å². The maximum Gasteiger partial charge on any atom is 0.214 e. The van der Waals surface area contributed by atoms with Crippen molar-refractivity contribution >= 4 is 10.0 Å². The number of nitrogens with zero attached hydrogens (tertiary/aromatic N) is 1. The summed E-state index contributed by atoms with van der Waals surface area (Å²) in [6.45, 7) is 3.32. The van der Waals surface area contributed by atoms with Crippen molar-refractivity contribution in [2.75, 3.05) is 32.0 Å². The molecular weight excluding hydrogens is 240 g/mol. The molecule has 0 amide bonds. The Hall–Kier alpha value is -0.170. The fraction of sp³-hybridized carbons (Fsp3) is 1.00. The molecular formula is C11H24N2O3S. The van der Waals surface area contributed by atoms with Crippen molar-refractivity contribution in [2.24, 2.45) is 0 Å². The van der Waals surface area contributed by atoms with Crippen LogP contribution in [0.25, 0.3) is 0 Å². The second kappa shape index (κ2) is 7.31. The maximum absolute atomic E-state index is 12.0. The number of piperidine rings is 1. The predicted molar refractivity (Wildman–Crippen MR) is 68.4 cm³/mol. The molecule has 0 aliphatic carbocycles. The van der Waals surface area contributed by atoms with E-state index >= 15 is 0 Å². The maximum atomic E-state index is 12.0. The molecule has 102 valence electrons. The van der Waals surface area contributed by atoms with Gasteiger partial charge in [-0.3, -0.25) is 0 Å². The van der Waals surface area contributed by atoms with Crippen LogP contribution in [0.15, 0.2) is 0 Å². The lowest BCUT2D eigenvalue weighted by Crippen LogP contribution is -2.39. The van der Waals surface area contributed by atoms with Crippen molar-refractivity contribution in [3.05, 3.63) is 0 Å². The molecule has 5 nitrogen and oxygen atoms in total. The van der Waals surface area contributed by atoms with Gasteiger partial charge >= 0.3 is 0 Å². The average Bonchev–Trinajstić information content (AvgIpc) is 2.34. The second-order valence-corrected chi connectivity index (χ2v) is 6.56. The van der Waals surface area contributed by atoms with Crippen molar-refractivity contribution < 1.29 is 13.5 Å². The van der Waals surface area contributed by atoms with Gasteiger partial charge in [0, 0.05) is 19.1 Å². The molecule has 0 aromatic heterocycles. The number of hydrogen-bond donors (Lipinski definition) is 2. The van der Waals surface area contributed by atoms with Crippen LogP contribution in [-0.4, -0.2) is 55.9 Å². The van der Waals surface area contributed by atoms with Gasteiger partial charge in [0.1, 0.15) is 0 Å². The lowest BCUT2D eigenvalue weighted by Gasteiger charge is -2.25. The van der Waals surface area contributed by atoms with Crippen molar-refractivity contribution in [1.29, 1.82) is 0 Å². The summed E-state index contributed by atoms with van der Waals surface area (Å²) in [6, 6.07) is 0.339. The van der Waals surface area contributed by atoms with Crippen LogP contribution >= 0.6 is 0 Å². The molecule has 6 heteroatoms. The fourth-order valence-electron chi connectivity index (χ4n) is 2.20.